The number of amides is 1. The predicted molar refractivity (Wildman–Crippen MR) is 120 cm³/mol. The van der Waals surface area contributed by atoms with E-state index in [-0.39, 0.29) is 27.2 Å². The molecule has 0 heterocycles. The van der Waals surface area contributed by atoms with E-state index in [4.69, 9.17) is 23.2 Å². The van der Waals surface area contributed by atoms with Crippen molar-refractivity contribution in [1.29, 1.82) is 0 Å². The highest BCUT2D eigenvalue weighted by Crippen LogP contribution is 2.28. The average molecular weight is 481 g/mol. The van der Waals surface area contributed by atoms with Gasteiger partial charge in [0.25, 0.3) is 0 Å². The molecule has 0 spiro atoms. The standard InChI is InChI=1S/C22H19Cl2FN2O3S/c1-15-7-9-18(25)12-20(15)26-22(28)14-27(13-16-5-3-2-4-6-16)31(29,30)21-11-17(23)8-10-19(21)24/h2-12H,13-14H2,1H3,(H,26,28). The first-order valence-corrected chi connectivity index (χ1v) is 11.4. The molecule has 0 radical (unpaired) electrons. The lowest BCUT2D eigenvalue weighted by atomic mass is 10.2. The number of carbonyl (C=O) groups is 1. The quantitative estimate of drug-likeness (QED) is 0.500. The van der Waals surface area contributed by atoms with Gasteiger partial charge in [0.05, 0.1) is 11.6 Å². The number of halogens is 3. The Morgan fingerprint density at radius 3 is 2.45 bits per heavy atom. The van der Waals surface area contributed by atoms with Crippen molar-refractivity contribution in [3.05, 3.63) is 93.7 Å². The number of aryl methyl sites for hydroxylation is 1. The Morgan fingerprint density at radius 2 is 1.74 bits per heavy atom. The van der Waals surface area contributed by atoms with Crippen molar-refractivity contribution < 1.29 is 17.6 Å². The fourth-order valence-corrected chi connectivity index (χ4v) is 5.03. The van der Waals surface area contributed by atoms with Crippen LogP contribution in [0.15, 0.2) is 71.6 Å². The summed E-state index contributed by atoms with van der Waals surface area (Å²) in [6, 6.07) is 16.9. The number of rotatable bonds is 7. The van der Waals surface area contributed by atoms with Gasteiger partial charge in [-0.05, 0) is 48.4 Å². The zero-order valence-corrected chi connectivity index (χ0v) is 18.8. The molecule has 3 aromatic carbocycles. The van der Waals surface area contributed by atoms with E-state index in [2.05, 4.69) is 5.32 Å². The van der Waals surface area contributed by atoms with Gasteiger partial charge in [-0.2, -0.15) is 4.31 Å². The van der Waals surface area contributed by atoms with E-state index in [0.717, 1.165) is 4.31 Å². The van der Waals surface area contributed by atoms with Crippen LogP contribution in [0.3, 0.4) is 0 Å². The molecule has 0 aliphatic heterocycles. The molecule has 5 nitrogen and oxygen atoms in total. The molecule has 0 atom stereocenters. The predicted octanol–water partition coefficient (Wildman–Crippen LogP) is 5.27. The lowest BCUT2D eigenvalue weighted by Gasteiger charge is -2.23. The van der Waals surface area contributed by atoms with Gasteiger partial charge in [-0.1, -0.05) is 59.6 Å². The Kier molecular flexibility index (Phi) is 7.33. The first-order chi connectivity index (χ1) is 14.7. The first kappa shape index (κ1) is 23.2. The Hall–Kier alpha value is -2.45. The van der Waals surface area contributed by atoms with Crippen LogP contribution in [0.25, 0.3) is 0 Å². The fourth-order valence-electron chi connectivity index (χ4n) is 2.91. The Morgan fingerprint density at radius 1 is 1.03 bits per heavy atom. The summed E-state index contributed by atoms with van der Waals surface area (Å²) in [5, 5.41) is 2.76. The number of hydrogen-bond donors (Lipinski definition) is 1. The van der Waals surface area contributed by atoms with Crippen LogP contribution in [0.4, 0.5) is 10.1 Å². The normalized spacial score (nSPS) is 11.5. The van der Waals surface area contributed by atoms with Crippen LogP contribution in [0.2, 0.25) is 10.0 Å². The SMILES string of the molecule is Cc1ccc(F)cc1NC(=O)CN(Cc1ccccc1)S(=O)(=O)c1cc(Cl)ccc1Cl. The van der Waals surface area contributed by atoms with Crippen LogP contribution in [0, 0.1) is 12.7 Å². The Balaban J connectivity index is 1.93. The highest BCUT2D eigenvalue weighted by molar-refractivity contribution is 7.89. The highest BCUT2D eigenvalue weighted by atomic mass is 35.5. The number of carbonyl (C=O) groups excluding carboxylic acids is 1. The summed E-state index contributed by atoms with van der Waals surface area (Å²) in [4.78, 5) is 12.5. The van der Waals surface area contributed by atoms with E-state index in [0.29, 0.717) is 11.1 Å². The molecular formula is C22H19Cl2FN2O3S. The van der Waals surface area contributed by atoms with Crippen LogP contribution in [0.1, 0.15) is 11.1 Å². The number of nitrogens with zero attached hydrogens (tertiary/aromatic N) is 1. The molecule has 1 amide bonds. The maximum Gasteiger partial charge on any atom is 0.245 e. The fraction of sp³-hybridized carbons (Fsp3) is 0.136. The van der Waals surface area contributed by atoms with Crippen molar-refractivity contribution in [2.24, 2.45) is 0 Å². The van der Waals surface area contributed by atoms with Gasteiger partial charge < -0.3 is 5.32 Å². The largest absolute Gasteiger partial charge is 0.325 e. The summed E-state index contributed by atoms with van der Waals surface area (Å²) >= 11 is 12.1. The third-order valence-corrected chi connectivity index (χ3v) is 7.01. The summed E-state index contributed by atoms with van der Waals surface area (Å²) in [7, 11) is -4.18. The molecule has 0 bridgehead atoms. The summed E-state index contributed by atoms with van der Waals surface area (Å²) in [6.45, 7) is 1.14. The summed E-state index contributed by atoms with van der Waals surface area (Å²) in [6.07, 6.45) is 0. The van der Waals surface area contributed by atoms with Crippen LogP contribution < -0.4 is 5.32 Å². The van der Waals surface area contributed by atoms with Crippen LogP contribution >= 0.6 is 23.2 Å². The molecule has 0 aliphatic carbocycles. The number of hydrogen-bond acceptors (Lipinski definition) is 3. The molecule has 0 fully saturated rings. The third kappa shape index (κ3) is 5.83. The van der Waals surface area contributed by atoms with Crippen LogP contribution in [0.5, 0.6) is 0 Å². The monoisotopic (exact) mass is 480 g/mol. The van der Waals surface area contributed by atoms with Crippen LogP contribution in [-0.4, -0.2) is 25.2 Å². The smallest absolute Gasteiger partial charge is 0.245 e. The van der Waals surface area contributed by atoms with Gasteiger partial charge in [-0.3, -0.25) is 4.79 Å². The van der Waals surface area contributed by atoms with Crippen molar-refractivity contribution in [2.75, 3.05) is 11.9 Å². The Labute approximate surface area is 190 Å². The summed E-state index contributed by atoms with van der Waals surface area (Å²) in [5.74, 6) is -1.13. The lowest BCUT2D eigenvalue weighted by molar-refractivity contribution is -0.116. The second kappa shape index (κ2) is 9.78. The zero-order chi connectivity index (χ0) is 22.6. The van der Waals surface area contributed by atoms with Gasteiger partial charge >= 0.3 is 0 Å². The third-order valence-electron chi connectivity index (χ3n) is 4.51. The number of anilines is 1. The van der Waals surface area contributed by atoms with Gasteiger partial charge in [0.1, 0.15) is 10.7 Å². The minimum Gasteiger partial charge on any atom is -0.325 e. The molecule has 1 N–H and O–H groups in total. The molecule has 0 saturated heterocycles. The number of nitrogens with one attached hydrogen (secondary N) is 1. The van der Waals surface area contributed by atoms with Gasteiger partial charge in [0, 0.05) is 17.3 Å². The zero-order valence-electron chi connectivity index (χ0n) is 16.5. The molecule has 9 heteroatoms. The van der Waals surface area contributed by atoms with E-state index >= 15 is 0 Å². The number of sulfonamides is 1. The highest BCUT2D eigenvalue weighted by Gasteiger charge is 2.29. The Bertz CT molecular complexity index is 1200. The molecule has 31 heavy (non-hydrogen) atoms. The van der Waals surface area contributed by atoms with Gasteiger partial charge in [-0.15, -0.1) is 0 Å². The van der Waals surface area contributed by atoms with Crippen molar-refractivity contribution in [1.82, 2.24) is 4.31 Å². The van der Waals surface area contributed by atoms with Crippen molar-refractivity contribution in [3.63, 3.8) is 0 Å². The van der Waals surface area contributed by atoms with Gasteiger partial charge in [-0.25, -0.2) is 12.8 Å². The molecule has 0 aromatic heterocycles. The minimum atomic E-state index is -4.18. The molecule has 3 rings (SSSR count). The number of benzene rings is 3. The molecule has 3 aromatic rings. The van der Waals surface area contributed by atoms with E-state index in [9.17, 15) is 17.6 Å². The molecule has 0 unspecified atom stereocenters. The van der Waals surface area contributed by atoms with Crippen LogP contribution in [-0.2, 0) is 21.4 Å². The van der Waals surface area contributed by atoms with Crippen molar-refractivity contribution in [3.8, 4) is 0 Å². The molecule has 0 aliphatic rings. The second-order valence-corrected chi connectivity index (χ2v) is 9.59. The average Bonchev–Trinajstić information content (AvgIpc) is 2.72. The first-order valence-electron chi connectivity index (χ1n) is 9.22. The second-order valence-electron chi connectivity index (χ2n) is 6.84. The van der Waals surface area contributed by atoms with Gasteiger partial charge in [0.2, 0.25) is 15.9 Å². The van der Waals surface area contributed by atoms with E-state index in [1.807, 2.05) is 0 Å². The van der Waals surface area contributed by atoms with E-state index in [1.165, 1.54) is 36.4 Å². The maximum absolute atomic E-state index is 13.6. The van der Waals surface area contributed by atoms with E-state index in [1.54, 1.807) is 37.3 Å². The van der Waals surface area contributed by atoms with E-state index < -0.39 is 28.3 Å². The van der Waals surface area contributed by atoms with Crippen molar-refractivity contribution in [2.45, 2.75) is 18.4 Å². The topological polar surface area (TPSA) is 66.5 Å². The molecule has 0 saturated carbocycles. The van der Waals surface area contributed by atoms with Crippen molar-refractivity contribution >= 4 is 44.8 Å². The molecule has 162 valence electrons. The molecular weight excluding hydrogens is 462 g/mol. The summed E-state index contributed by atoms with van der Waals surface area (Å²) < 4.78 is 41.3. The summed E-state index contributed by atoms with van der Waals surface area (Å²) in [5.41, 5.74) is 1.59. The maximum atomic E-state index is 13.6. The minimum absolute atomic E-state index is 0.0103. The lowest BCUT2D eigenvalue weighted by Crippen LogP contribution is -2.37. The van der Waals surface area contributed by atoms with Gasteiger partial charge in [0.15, 0.2) is 0 Å².